The SMILES string of the molecule is Cc1ccccc1CNC(=O)C1(c2ccc(NS(C)(=O)=O)cc2)CCCCC1. The Balaban J connectivity index is 1.82. The number of sulfonamides is 1. The average molecular weight is 401 g/mol. The Morgan fingerprint density at radius 2 is 1.64 bits per heavy atom. The van der Waals surface area contributed by atoms with E-state index in [1.807, 2.05) is 43.3 Å². The maximum Gasteiger partial charge on any atom is 0.230 e. The molecule has 1 aliphatic rings. The van der Waals surface area contributed by atoms with Gasteiger partial charge in [0.05, 0.1) is 11.7 Å². The number of amides is 1. The van der Waals surface area contributed by atoms with Crippen LogP contribution in [0.4, 0.5) is 5.69 Å². The lowest BCUT2D eigenvalue weighted by atomic mass is 9.68. The van der Waals surface area contributed by atoms with Crippen molar-refractivity contribution in [2.24, 2.45) is 0 Å². The summed E-state index contributed by atoms with van der Waals surface area (Å²) in [6.45, 7) is 2.56. The molecule has 2 N–H and O–H groups in total. The van der Waals surface area contributed by atoms with Crippen molar-refractivity contribution in [2.75, 3.05) is 11.0 Å². The van der Waals surface area contributed by atoms with Gasteiger partial charge in [0.15, 0.2) is 0 Å². The zero-order chi connectivity index (χ0) is 20.2. The van der Waals surface area contributed by atoms with Gasteiger partial charge >= 0.3 is 0 Å². The summed E-state index contributed by atoms with van der Waals surface area (Å²) in [7, 11) is -3.32. The lowest BCUT2D eigenvalue weighted by molar-refractivity contribution is -0.128. The van der Waals surface area contributed by atoms with Crippen LogP contribution in [-0.2, 0) is 26.8 Å². The Kier molecular flexibility index (Phi) is 6.08. The van der Waals surface area contributed by atoms with Crippen LogP contribution in [0.2, 0.25) is 0 Å². The summed E-state index contributed by atoms with van der Waals surface area (Å²) in [5, 5.41) is 3.15. The molecule has 150 valence electrons. The number of benzene rings is 2. The van der Waals surface area contributed by atoms with E-state index in [0.29, 0.717) is 12.2 Å². The third kappa shape index (κ3) is 4.73. The van der Waals surface area contributed by atoms with E-state index in [4.69, 9.17) is 0 Å². The number of aryl methyl sites for hydroxylation is 1. The highest BCUT2D eigenvalue weighted by atomic mass is 32.2. The van der Waals surface area contributed by atoms with E-state index in [0.717, 1.165) is 55.1 Å². The normalized spacial score (nSPS) is 16.4. The highest BCUT2D eigenvalue weighted by molar-refractivity contribution is 7.92. The minimum absolute atomic E-state index is 0.0549. The first kappa shape index (κ1) is 20.4. The molecule has 0 atom stereocenters. The van der Waals surface area contributed by atoms with Gasteiger partial charge in [-0.15, -0.1) is 0 Å². The van der Waals surface area contributed by atoms with Gasteiger partial charge in [0.1, 0.15) is 0 Å². The maximum atomic E-state index is 13.3. The smallest absolute Gasteiger partial charge is 0.230 e. The average Bonchev–Trinajstić information content (AvgIpc) is 2.67. The molecule has 0 heterocycles. The van der Waals surface area contributed by atoms with Crippen molar-refractivity contribution < 1.29 is 13.2 Å². The molecule has 0 saturated heterocycles. The summed E-state index contributed by atoms with van der Waals surface area (Å²) < 4.78 is 25.3. The third-order valence-electron chi connectivity index (χ3n) is 5.58. The quantitative estimate of drug-likeness (QED) is 0.773. The van der Waals surface area contributed by atoms with Gasteiger partial charge < -0.3 is 5.32 Å². The zero-order valence-corrected chi connectivity index (χ0v) is 17.3. The fraction of sp³-hybridized carbons (Fsp3) is 0.409. The second-order valence-electron chi connectivity index (χ2n) is 7.70. The Bertz CT molecular complexity index is 931. The van der Waals surface area contributed by atoms with Crippen LogP contribution in [0.15, 0.2) is 48.5 Å². The Morgan fingerprint density at radius 1 is 1.00 bits per heavy atom. The van der Waals surface area contributed by atoms with Crippen molar-refractivity contribution in [3.05, 3.63) is 65.2 Å². The standard InChI is InChI=1S/C22H28N2O3S/c1-17-8-4-5-9-18(17)16-23-21(25)22(14-6-3-7-15-22)19-10-12-20(13-11-19)24-28(2,26)27/h4-5,8-13,24H,3,6-7,14-16H2,1-2H3,(H,23,25). The van der Waals surface area contributed by atoms with Gasteiger partial charge in [-0.2, -0.15) is 0 Å². The fourth-order valence-corrected chi connectivity index (χ4v) is 4.59. The van der Waals surface area contributed by atoms with Crippen molar-refractivity contribution in [2.45, 2.75) is 51.0 Å². The molecule has 3 rings (SSSR count). The first-order chi connectivity index (χ1) is 13.3. The van der Waals surface area contributed by atoms with Crippen LogP contribution < -0.4 is 10.0 Å². The summed E-state index contributed by atoms with van der Waals surface area (Å²) in [6, 6.07) is 15.3. The number of carbonyl (C=O) groups excluding carboxylic acids is 1. The first-order valence-electron chi connectivity index (χ1n) is 9.71. The molecule has 28 heavy (non-hydrogen) atoms. The summed E-state index contributed by atoms with van der Waals surface area (Å²) >= 11 is 0. The number of hydrogen-bond donors (Lipinski definition) is 2. The van der Waals surface area contributed by atoms with Gasteiger partial charge in [0, 0.05) is 12.2 Å². The molecule has 1 fully saturated rings. The minimum atomic E-state index is -3.32. The summed E-state index contributed by atoms with van der Waals surface area (Å²) in [6.07, 6.45) is 5.92. The van der Waals surface area contributed by atoms with E-state index in [-0.39, 0.29) is 5.91 Å². The first-order valence-corrected chi connectivity index (χ1v) is 11.6. The predicted octanol–water partition coefficient (Wildman–Crippen LogP) is 3.88. The Morgan fingerprint density at radius 3 is 2.25 bits per heavy atom. The van der Waals surface area contributed by atoms with Crippen LogP contribution in [0.5, 0.6) is 0 Å². The molecule has 2 aromatic carbocycles. The summed E-state index contributed by atoms with van der Waals surface area (Å²) in [4.78, 5) is 13.3. The van der Waals surface area contributed by atoms with Gasteiger partial charge in [0.2, 0.25) is 15.9 Å². The second-order valence-corrected chi connectivity index (χ2v) is 9.45. The molecule has 0 aromatic heterocycles. The van der Waals surface area contributed by atoms with Gasteiger partial charge in [-0.05, 0) is 48.6 Å². The number of hydrogen-bond acceptors (Lipinski definition) is 3. The van der Waals surface area contributed by atoms with E-state index < -0.39 is 15.4 Å². The fourth-order valence-electron chi connectivity index (χ4n) is 4.03. The van der Waals surface area contributed by atoms with Crippen molar-refractivity contribution in [1.29, 1.82) is 0 Å². The van der Waals surface area contributed by atoms with Gasteiger partial charge in [-0.25, -0.2) is 8.42 Å². The number of nitrogens with one attached hydrogen (secondary N) is 2. The number of rotatable bonds is 6. The van der Waals surface area contributed by atoms with E-state index in [1.165, 1.54) is 0 Å². The molecule has 1 saturated carbocycles. The van der Waals surface area contributed by atoms with Gasteiger partial charge in [-0.3, -0.25) is 9.52 Å². The number of anilines is 1. The van der Waals surface area contributed by atoms with Crippen LogP contribution in [0.25, 0.3) is 0 Å². The van der Waals surface area contributed by atoms with E-state index >= 15 is 0 Å². The molecule has 0 spiro atoms. The monoisotopic (exact) mass is 400 g/mol. The molecule has 6 heteroatoms. The van der Waals surface area contributed by atoms with Crippen molar-refractivity contribution >= 4 is 21.6 Å². The van der Waals surface area contributed by atoms with E-state index in [9.17, 15) is 13.2 Å². The number of carbonyl (C=O) groups is 1. The van der Waals surface area contributed by atoms with Crippen molar-refractivity contribution in [3.8, 4) is 0 Å². The molecule has 0 aliphatic heterocycles. The van der Waals surface area contributed by atoms with Crippen molar-refractivity contribution in [1.82, 2.24) is 5.32 Å². The summed E-state index contributed by atoms with van der Waals surface area (Å²) in [5.41, 5.74) is 3.20. The molecule has 1 aliphatic carbocycles. The molecule has 1 amide bonds. The lowest BCUT2D eigenvalue weighted by Crippen LogP contribution is -2.45. The second kappa shape index (κ2) is 8.35. The van der Waals surface area contributed by atoms with E-state index in [2.05, 4.69) is 10.0 Å². The molecule has 0 bridgehead atoms. The van der Waals surface area contributed by atoms with Crippen LogP contribution in [0.3, 0.4) is 0 Å². The topological polar surface area (TPSA) is 75.3 Å². The molecular weight excluding hydrogens is 372 g/mol. The van der Waals surface area contributed by atoms with Gasteiger partial charge in [-0.1, -0.05) is 55.7 Å². The Hall–Kier alpha value is -2.34. The van der Waals surface area contributed by atoms with Gasteiger partial charge in [0.25, 0.3) is 0 Å². The molecule has 5 nitrogen and oxygen atoms in total. The zero-order valence-electron chi connectivity index (χ0n) is 16.5. The van der Waals surface area contributed by atoms with Crippen LogP contribution in [0, 0.1) is 6.92 Å². The van der Waals surface area contributed by atoms with Crippen LogP contribution in [0.1, 0.15) is 48.8 Å². The molecular formula is C22H28N2O3S. The third-order valence-corrected chi connectivity index (χ3v) is 6.19. The highest BCUT2D eigenvalue weighted by Crippen LogP contribution is 2.40. The van der Waals surface area contributed by atoms with E-state index in [1.54, 1.807) is 12.1 Å². The Labute approximate surface area is 167 Å². The lowest BCUT2D eigenvalue weighted by Gasteiger charge is -2.36. The largest absolute Gasteiger partial charge is 0.351 e. The maximum absolute atomic E-state index is 13.3. The summed E-state index contributed by atoms with van der Waals surface area (Å²) in [5.74, 6) is 0.0549. The minimum Gasteiger partial charge on any atom is -0.351 e. The van der Waals surface area contributed by atoms with Crippen LogP contribution in [-0.4, -0.2) is 20.6 Å². The predicted molar refractivity (Wildman–Crippen MR) is 113 cm³/mol. The van der Waals surface area contributed by atoms with Crippen LogP contribution >= 0.6 is 0 Å². The molecule has 0 radical (unpaired) electrons. The molecule has 2 aromatic rings. The van der Waals surface area contributed by atoms with Crippen molar-refractivity contribution in [3.63, 3.8) is 0 Å². The molecule has 0 unspecified atom stereocenters. The highest BCUT2D eigenvalue weighted by Gasteiger charge is 2.40.